The Balaban J connectivity index is 1.48. The zero-order valence-corrected chi connectivity index (χ0v) is 20.7. The molecule has 1 aliphatic rings. The fraction of sp³-hybridized carbons (Fsp3) is 0.308. The Kier molecular flexibility index (Phi) is 6.58. The van der Waals surface area contributed by atoms with Crippen LogP contribution in [0, 0.1) is 0 Å². The molecule has 1 amide bonds. The molecule has 0 N–H and O–H groups in total. The van der Waals surface area contributed by atoms with E-state index in [1.807, 2.05) is 59.5 Å². The Labute approximate surface area is 206 Å². The third kappa shape index (κ3) is 4.55. The quantitative estimate of drug-likeness (QED) is 0.353. The van der Waals surface area contributed by atoms with Crippen molar-refractivity contribution in [2.45, 2.75) is 26.2 Å². The van der Waals surface area contributed by atoms with E-state index < -0.39 is 0 Å². The van der Waals surface area contributed by atoms with Crippen LogP contribution in [0.3, 0.4) is 0 Å². The van der Waals surface area contributed by atoms with E-state index in [-0.39, 0.29) is 5.91 Å². The summed E-state index contributed by atoms with van der Waals surface area (Å²) in [5.74, 6) is 1.65. The minimum absolute atomic E-state index is 0.0533. The molecule has 2 aromatic carbocycles. The first-order valence-corrected chi connectivity index (χ1v) is 12.4. The zero-order chi connectivity index (χ0) is 23.5. The summed E-state index contributed by atoms with van der Waals surface area (Å²) < 4.78 is 6.59. The number of amides is 1. The van der Waals surface area contributed by atoms with Crippen molar-refractivity contribution in [3.8, 4) is 11.3 Å². The van der Waals surface area contributed by atoms with E-state index in [2.05, 4.69) is 37.9 Å². The Morgan fingerprint density at radius 2 is 1.88 bits per heavy atom. The number of aryl methyl sites for hydroxylation is 1. The molecule has 1 aliphatic heterocycles. The van der Waals surface area contributed by atoms with Crippen molar-refractivity contribution in [1.29, 1.82) is 0 Å². The summed E-state index contributed by atoms with van der Waals surface area (Å²) in [7, 11) is 0. The van der Waals surface area contributed by atoms with Gasteiger partial charge in [-0.15, -0.1) is 0 Å². The molecule has 174 valence electrons. The van der Waals surface area contributed by atoms with Gasteiger partial charge in [-0.3, -0.25) is 4.79 Å². The molecule has 0 atom stereocenters. The van der Waals surface area contributed by atoms with Crippen LogP contribution in [0.25, 0.3) is 22.4 Å². The number of nitrogens with zero attached hydrogens (tertiary/aromatic N) is 5. The molecule has 0 unspecified atom stereocenters. The Bertz CT molecular complexity index is 1310. The van der Waals surface area contributed by atoms with E-state index in [1.165, 1.54) is 0 Å². The molecule has 0 bridgehead atoms. The van der Waals surface area contributed by atoms with E-state index >= 15 is 0 Å². The lowest BCUT2D eigenvalue weighted by Gasteiger charge is -2.24. The first-order valence-electron chi connectivity index (χ1n) is 11.7. The van der Waals surface area contributed by atoms with Crippen molar-refractivity contribution in [2.24, 2.45) is 0 Å². The molecule has 8 heteroatoms. The monoisotopic (exact) mass is 519 g/mol. The first-order chi connectivity index (χ1) is 16.6. The lowest BCUT2D eigenvalue weighted by atomic mass is 10.1. The van der Waals surface area contributed by atoms with Crippen LogP contribution in [0.15, 0.2) is 63.6 Å². The number of benzene rings is 2. The predicted octanol–water partition coefficient (Wildman–Crippen LogP) is 5.35. The fourth-order valence-corrected chi connectivity index (χ4v) is 4.77. The van der Waals surface area contributed by atoms with Gasteiger partial charge in [0.25, 0.3) is 11.6 Å². The van der Waals surface area contributed by atoms with Gasteiger partial charge in [-0.2, -0.15) is 4.98 Å². The molecule has 1 fully saturated rings. The molecule has 0 aliphatic carbocycles. The van der Waals surface area contributed by atoms with Crippen LogP contribution < -0.4 is 4.90 Å². The number of halogens is 1. The van der Waals surface area contributed by atoms with Gasteiger partial charge in [-0.1, -0.05) is 64.4 Å². The van der Waals surface area contributed by atoms with Gasteiger partial charge in [0, 0.05) is 48.2 Å². The largest absolute Gasteiger partial charge is 0.354 e. The van der Waals surface area contributed by atoms with E-state index in [1.54, 1.807) is 0 Å². The van der Waals surface area contributed by atoms with Gasteiger partial charge >= 0.3 is 0 Å². The lowest BCUT2D eigenvalue weighted by molar-refractivity contribution is 0.0767. The van der Waals surface area contributed by atoms with Crippen molar-refractivity contribution < 1.29 is 9.32 Å². The summed E-state index contributed by atoms with van der Waals surface area (Å²) in [5.41, 5.74) is 2.93. The molecule has 4 aromatic rings. The lowest BCUT2D eigenvalue weighted by Crippen LogP contribution is -2.35. The second-order valence-electron chi connectivity index (χ2n) is 8.43. The summed E-state index contributed by atoms with van der Waals surface area (Å²) in [6.07, 6.45) is 2.56. The second kappa shape index (κ2) is 9.93. The molecular formula is C26H26BrN5O2. The minimum atomic E-state index is 0.0533. The van der Waals surface area contributed by atoms with Crippen molar-refractivity contribution in [3.05, 3.63) is 70.5 Å². The molecule has 34 heavy (non-hydrogen) atoms. The Morgan fingerprint density at radius 3 is 2.68 bits per heavy atom. The van der Waals surface area contributed by atoms with Crippen molar-refractivity contribution in [2.75, 3.05) is 31.1 Å². The number of hydrogen-bond acceptors (Lipinski definition) is 6. The van der Waals surface area contributed by atoms with E-state index in [0.29, 0.717) is 30.9 Å². The van der Waals surface area contributed by atoms with Gasteiger partial charge in [-0.05, 0) is 31.0 Å². The van der Waals surface area contributed by atoms with Crippen LogP contribution in [0.5, 0.6) is 0 Å². The highest BCUT2D eigenvalue weighted by molar-refractivity contribution is 9.10. The first kappa shape index (κ1) is 22.5. The molecule has 2 aromatic heterocycles. The van der Waals surface area contributed by atoms with Gasteiger partial charge in [0.15, 0.2) is 0 Å². The highest BCUT2D eigenvalue weighted by Crippen LogP contribution is 2.34. The second-order valence-corrected chi connectivity index (χ2v) is 9.35. The maximum atomic E-state index is 13.1. The van der Waals surface area contributed by atoms with Crippen molar-refractivity contribution >= 4 is 38.8 Å². The van der Waals surface area contributed by atoms with Crippen LogP contribution in [0.4, 0.5) is 5.82 Å². The molecule has 0 spiro atoms. The molecule has 1 saturated heterocycles. The summed E-state index contributed by atoms with van der Waals surface area (Å²) in [6, 6.07) is 17.5. The van der Waals surface area contributed by atoms with Crippen LogP contribution in [0.1, 0.15) is 35.9 Å². The molecule has 0 radical (unpaired) electrons. The molecule has 3 heterocycles. The minimum Gasteiger partial charge on any atom is -0.354 e. The van der Waals surface area contributed by atoms with Gasteiger partial charge in [0.2, 0.25) is 0 Å². The third-order valence-electron chi connectivity index (χ3n) is 6.04. The average molecular weight is 520 g/mol. The molecule has 0 saturated carbocycles. The summed E-state index contributed by atoms with van der Waals surface area (Å²) in [4.78, 5) is 26.9. The third-order valence-corrected chi connectivity index (χ3v) is 6.53. The molecule has 5 rings (SSSR count). The fourth-order valence-electron chi connectivity index (χ4n) is 4.37. The standard InChI is InChI=1S/C26H26BrN5O2/c1-2-8-21-28-24(22-23(30-34-25(22)29-21)18-9-4-3-5-10-18)31-13-7-14-32(16-15-31)26(33)19-11-6-12-20(27)17-19/h3-6,9-12,17H,2,7-8,13-16H2,1H3. The number of carbonyl (C=O) groups excluding carboxylic acids is 1. The number of anilines is 1. The summed E-state index contributed by atoms with van der Waals surface area (Å²) >= 11 is 3.47. The number of rotatable bonds is 5. The van der Waals surface area contributed by atoms with Crippen LogP contribution in [0.2, 0.25) is 0 Å². The van der Waals surface area contributed by atoms with Crippen LogP contribution >= 0.6 is 15.9 Å². The van der Waals surface area contributed by atoms with E-state index in [0.717, 1.165) is 58.6 Å². The zero-order valence-electron chi connectivity index (χ0n) is 19.1. The SMILES string of the molecule is CCCc1nc(N2CCCN(C(=O)c3cccc(Br)c3)CC2)c2c(-c3ccccc3)noc2n1. The molecule has 7 nitrogen and oxygen atoms in total. The van der Waals surface area contributed by atoms with Gasteiger partial charge < -0.3 is 14.3 Å². The molecular weight excluding hydrogens is 494 g/mol. The maximum absolute atomic E-state index is 13.1. The van der Waals surface area contributed by atoms with Crippen LogP contribution in [-0.2, 0) is 6.42 Å². The average Bonchev–Trinajstić information content (AvgIpc) is 3.13. The highest BCUT2D eigenvalue weighted by atomic mass is 79.9. The van der Waals surface area contributed by atoms with Gasteiger partial charge in [-0.25, -0.2) is 4.98 Å². The number of carbonyl (C=O) groups is 1. The Morgan fingerprint density at radius 1 is 1.03 bits per heavy atom. The van der Waals surface area contributed by atoms with Crippen molar-refractivity contribution in [3.63, 3.8) is 0 Å². The number of fused-ring (bicyclic) bond motifs is 1. The normalized spacial score (nSPS) is 14.4. The topological polar surface area (TPSA) is 75.4 Å². The van der Waals surface area contributed by atoms with E-state index in [9.17, 15) is 4.79 Å². The number of hydrogen-bond donors (Lipinski definition) is 0. The summed E-state index contributed by atoms with van der Waals surface area (Å²) in [5, 5.41) is 5.19. The Hall–Kier alpha value is -3.26. The van der Waals surface area contributed by atoms with Gasteiger partial charge in [0.1, 0.15) is 22.7 Å². The van der Waals surface area contributed by atoms with E-state index in [4.69, 9.17) is 9.51 Å². The number of aromatic nitrogens is 3. The maximum Gasteiger partial charge on any atom is 0.263 e. The summed E-state index contributed by atoms with van der Waals surface area (Å²) in [6.45, 7) is 4.90. The predicted molar refractivity (Wildman–Crippen MR) is 136 cm³/mol. The van der Waals surface area contributed by atoms with Gasteiger partial charge in [0.05, 0.1) is 0 Å². The highest BCUT2D eigenvalue weighted by Gasteiger charge is 2.26. The van der Waals surface area contributed by atoms with Crippen molar-refractivity contribution in [1.82, 2.24) is 20.0 Å². The van der Waals surface area contributed by atoms with Crippen LogP contribution in [-0.4, -0.2) is 52.1 Å². The smallest absolute Gasteiger partial charge is 0.263 e.